The Bertz CT molecular complexity index is 1670. The third-order valence-electron chi connectivity index (χ3n) is 7.22. The molecule has 2 amide bonds. The minimum absolute atomic E-state index is 0.0546. The maximum Gasteiger partial charge on any atom is 0.255 e. The quantitative estimate of drug-likeness (QED) is 0.393. The lowest BCUT2D eigenvalue weighted by atomic mass is 9.87. The van der Waals surface area contributed by atoms with Crippen LogP contribution in [0.2, 0.25) is 0 Å². The molecule has 1 spiro atoms. The number of aromatic amines is 1. The summed E-state index contributed by atoms with van der Waals surface area (Å²) in [5, 5.41) is 0. The fourth-order valence-electron chi connectivity index (χ4n) is 5.46. The van der Waals surface area contributed by atoms with Gasteiger partial charge in [-0.3, -0.25) is 9.59 Å². The molecule has 2 aromatic heterocycles. The molecule has 2 aliphatic rings. The number of likely N-dealkylation sites (tertiary alicyclic amines) is 1. The molecule has 11 heteroatoms. The molecule has 1 atom stereocenters. The normalized spacial score (nSPS) is 18.6. The molecule has 38 heavy (non-hydrogen) atoms. The fourth-order valence-corrected chi connectivity index (χ4v) is 5.46. The number of carbonyl (C=O) groups excluding carboxylic acids is 2. The summed E-state index contributed by atoms with van der Waals surface area (Å²) >= 11 is 0. The fraction of sp³-hybridized carbons (Fsp3) is 0.185. The summed E-state index contributed by atoms with van der Waals surface area (Å²) in [5.74, 6) is -3.13. The third-order valence-corrected chi connectivity index (χ3v) is 7.22. The lowest BCUT2D eigenvalue weighted by Crippen LogP contribution is -2.49. The van der Waals surface area contributed by atoms with Crippen LogP contribution in [0, 0.1) is 24.0 Å². The van der Waals surface area contributed by atoms with Crippen LogP contribution in [0.4, 0.5) is 24.7 Å². The van der Waals surface area contributed by atoms with E-state index in [9.17, 15) is 22.8 Å². The van der Waals surface area contributed by atoms with Gasteiger partial charge in [0.1, 0.15) is 17.2 Å². The Labute approximate surface area is 214 Å². The average Bonchev–Trinajstić information content (AvgIpc) is 3.49. The Kier molecular flexibility index (Phi) is 5.17. The number of benzene rings is 2. The van der Waals surface area contributed by atoms with Gasteiger partial charge in [-0.2, -0.15) is 0 Å². The summed E-state index contributed by atoms with van der Waals surface area (Å²) in [6, 6.07) is 10.8. The van der Waals surface area contributed by atoms with Gasteiger partial charge in [-0.05, 0) is 29.8 Å². The summed E-state index contributed by atoms with van der Waals surface area (Å²) < 4.78 is 42.3. The number of nitrogens with one attached hydrogen (secondary N) is 1. The predicted octanol–water partition coefficient (Wildman–Crippen LogP) is 4.40. The summed E-state index contributed by atoms with van der Waals surface area (Å²) in [5.41, 5.74) is 6.32. The molecule has 2 aromatic carbocycles. The van der Waals surface area contributed by atoms with Gasteiger partial charge in [0.15, 0.2) is 11.6 Å². The second-order valence-electron chi connectivity index (χ2n) is 9.40. The molecule has 2 aliphatic heterocycles. The van der Waals surface area contributed by atoms with Crippen LogP contribution < -0.4 is 5.73 Å². The van der Waals surface area contributed by atoms with E-state index in [-0.39, 0.29) is 49.0 Å². The Morgan fingerprint density at radius 1 is 1.05 bits per heavy atom. The van der Waals surface area contributed by atoms with Crippen molar-refractivity contribution in [2.24, 2.45) is 0 Å². The van der Waals surface area contributed by atoms with Crippen LogP contribution in [0.15, 0.2) is 48.5 Å². The van der Waals surface area contributed by atoms with E-state index in [1.165, 1.54) is 40.1 Å². The highest BCUT2D eigenvalue weighted by atomic mass is 19.1. The monoisotopic (exact) mass is 516 g/mol. The van der Waals surface area contributed by atoms with E-state index >= 15 is 0 Å². The van der Waals surface area contributed by atoms with Crippen LogP contribution in [0.1, 0.15) is 33.6 Å². The van der Waals surface area contributed by atoms with Crippen LogP contribution in [-0.4, -0.2) is 38.1 Å². The number of pyridine rings is 1. The number of H-pyrrole nitrogens is 1. The highest BCUT2D eigenvalue weighted by Gasteiger charge is 2.59. The topological polar surface area (TPSA) is 99.7 Å². The number of rotatable bonds is 4. The minimum atomic E-state index is -1.40. The molecule has 0 saturated carbocycles. The Balaban J connectivity index is 1.38. The van der Waals surface area contributed by atoms with E-state index in [2.05, 4.69) is 14.8 Å². The second kappa shape index (κ2) is 8.34. The van der Waals surface area contributed by atoms with Crippen LogP contribution in [0.5, 0.6) is 0 Å². The lowest BCUT2D eigenvalue weighted by molar-refractivity contribution is -0.137. The maximum absolute atomic E-state index is 14.2. The van der Waals surface area contributed by atoms with Crippen LogP contribution in [-0.2, 0) is 23.4 Å². The van der Waals surface area contributed by atoms with E-state index < -0.39 is 28.9 Å². The zero-order chi connectivity index (χ0) is 26.8. The first kappa shape index (κ1) is 23.5. The highest BCUT2D eigenvalue weighted by Crippen LogP contribution is 2.47. The SMILES string of the molecule is [C-]#[N+]c1ccc(CN2CC[C@@]3(C2=O)c2ccc(F)cc2C(=O)N3Cc2cc3nc(N)c(F)cc3[nH]2)cc1F. The van der Waals surface area contributed by atoms with Crippen molar-refractivity contribution < 1.29 is 22.8 Å². The van der Waals surface area contributed by atoms with Crippen molar-refractivity contribution in [1.29, 1.82) is 0 Å². The van der Waals surface area contributed by atoms with Gasteiger partial charge in [-0.1, -0.05) is 18.2 Å². The van der Waals surface area contributed by atoms with Gasteiger partial charge < -0.3 is 20.5 Å². The molecular weight excluding hydrogens is 497 g/mol. The van der Waals surface area contributed by atoms with Crippen molar-refractivity contribution in [1.82, 2.24) is 19.8 Å². The van der Waals surface area contributed by atoms with Gasteiger partial charge in [0.2, 0.25) is 5.69 Å². The van der Waals surface area contributed by atoms with Gasteiger partial charge in [0.05, 0.1) is 24.2 Å². The zero-order valence-corrected chi connectivity index (χ0v) is 19.8. The minimum Gasteiger partial charge on any atom is -0.381 e. The molecule has 190 valence electrons. The van der Waals surface area contributed by atoms with Crippen LogP contribution in [0.25, 0.3) is 15.9 Å². The number of hydrogen-bond donors (Lipinski definition) is 2. The van der Waals surface area contributed by atoms with Crippen molar-refractivity contribution in [3.63, 3.8) is 0 Å². The molecule has 3 N–H and O–H groups in total. The van der Waals surface area contributed by atoms with Gasteiger partial charge in [0, 0.05) is 42.4 Å². The Hall–Kier alpha value is -4.85. The molecule has 4 heterocycles. The van der Waals surface area contributed by atoms with E-state index in [1.54, 1.807) is 12.1 Å². The number of halogens is 3. The molecule has 1 fully saturated rings. The average molecular weight is 516 g/mol. The lowest BCUT2D eigenvalue weighted by Gasteiger charge is -2.34. The first-order chi connectivity index (χ1) is 18.2. The van der Waals surface area contributed by atoms with Crippen LogP contribution in [0.3, 0.4) is 0 Å². The summed E-state index contributed by atoms with van der Waals surface area (Å²) in [6.07, 6.45) is 0.235. The Morgan fingerprint density at radius 3 is 2.63 bits per heavy atom. The van der Waals surface area contributed by atoms with Crippen molar-refractivity contribution in [2.45, 2.75) is 25.0 Å². The third kappa shape index (κ3) is 3.41. The number of hydrogen-bond acceptors (Lipinski definition) is 4. The number of amides is 2. The number of anilines is 1. The molecular formula is C27H19F3N6O2. The van der Waals surface area contributed by atoms with E-state index in [4.69, 9.17) is 12.3 Å². The number of nitrogen functional groups attached to an aromatic ring is 1. The molecule has 0 aliphatic carbocycles. The first-order valence-electron chi connectivity index (χ1n) is 11.7. The van der Waals surface area contributed by atoms with Gasteiger partial charge in [-0.25, -0.2) is 23.0 Å². The smallest absolute Gasteiger partial charge is 0.255 e. The second-order valence-corrected chi connectivity index (χ2v) is 9.40. The predicted molar refractivity (Wildman–Crippen MR) is 131 cm³/mol. The van der Waals surface area contributed by atoms with Gasteiger partial charge in [-0.15, -0.1) is 0 Å². The molecule has 4 aromatic rings. The molecule has 0 radical (unpaired) electrons. The zero-order valence-electron chi connectivity index (χ0n) is 19.8. The number of fused-ring (bicyclic) bond motifs is 3. The number of nitrogens with zero attached hydrogens (tertiary/aromatic N) is 4. The van der Waals surface area contributed by atoms with Gasteiger partial charge in [0.25, 0.3) is 11.8 Å². The van der Waals surface area contributed by atoms with Crippen molar-refractivity contribution >= 4 is 34.4 Å². The van der Waals surface area contributed by atoms with Crippen molar-refractivity contribution in [3.8, 4) is 0 Å². The summed E-state index contributed by atoms with van der Waals surface area (Å²) in [4.78, 5) is 40.6. The summed E-state index contributed by atoms with van der Waals surface area (Å²) in [7, 11) is 0. The van der Waals surface area contributed by atoms with Crippen molar-refractivity contribution in [2.75, 3.05) is 12.3 Å². The Morgan fingerprint density at radius 2 is 1.87 bits per heavy atom. The van der Waals surface area contributed by atoms with E-state index in [0.29, 0.717) is 27.9 Å². The van der Waals surface area contributed by atoms with E-state index in [0.717, 1.165) is 6.07 Å². The number of aromatic nitrogens is 2. The molecule has 0 bridgehead atoms. The summed E-state index contributed by atoms with van der Waals surface area (Å²) in [6.45, 7) is 7.30. The molecule has 8 nitrogen and oxygen atoms in total. The molecule has 1 saturated heterocycles. The van der Waals surface area contributed by atoms with Gasteiger partial charge >= 0.3 is 0 Å². The highest BCUT2D eigenvalue weighted by molar-refractivity contribution is 6.07. The number of nitrogens with two attached hydrogens (primary N) is 1. The maximum atomic E-state index is 14.2. The van der Waals surface area contributed by atoms with E-state index in [1.807, 2.05) is 0 Å². The van der Waals surface area contributed by atoms with Crippen LogP contribution >= 0.6 is 0 Å². The van der Waals surface area contributed by atoms with Crippen molar-refractivity contribution in [3.05, 3.63) is 99.8 Å². The molecule has 6 rings (SSSR count). The molecule has 0 unspecified atom stereocenters. The number of carbonyl (C=O) groups is 2. The first-order valence-corrected chi connectivity index (χ1v) is 11.7. The standard InChI is InChI=1S/C27H19F3N6O2/c1-32-21-5-2-14(8-19(21)29)12-35-7-6-27(26(35)38)18-4-3-15(28)9-17(18)25(37)36(27)13-16-10-22-23(33-16)11-20(30)24(31)34-22/h2-5,8-11,33H,6-7,12-13H2,(H2,31,34)/t27-/m0/s1. The largest absolute Gasteiger partial charge is 0.381 e.